The molecule has 22 heavy (non-hydrogen) atoms. The molecule has 1 aromatic rings. The summed E-state index contributed by atoms with van der Waals surface area (Å²) in [5, 5.41) is 2.98. The summed E-state index contributed by atoms with van der Waals surface area (Å²) in [6.45, 7) is 4.61. The molecule has 0 aliphatic heterocycles. The van der Waals surface area contributed by atoms with Gasteiger partial charge in [0.05, 0.1) is 21.3 Å². The topological polar surface area (TPSA) is 56.8 Å². The van der Waals surface area contributed by atoms with Crippen LogP contribution in [0.15, 0.2) is 12.1 Å². The van der Waals surface area contributed by atoms with Crippen molar-refractivity contribution in [2.45, 2.75) is 33.1 Å². The van der Waals surface area contributed by atoms with Gasteiger partial charge in [-0.1, -0.05) is 13.8 Å². The molecule has 0 fully saturated rings. The molecule has 0 heterocycles. The van der Waals surface area contributed by atoms with Gasteiger partial charge in [0.15, 0.2) is 0 Å². The monoisotopic (exact) mass is 309 g/mol. The van der Waals surface area contributed by atoms with E-state index in [1.165, 1.54) is 0 Å². The van der Waals surface area contributed by atoms with E-state index < -0.39 is 0 Å². The Hall–Kier alpha value is -1.91. The standard InChI is InChI=1S/C17H27NO4/c1-6-12(7-2)17(19)18-9-8-14-15(21-4)10-13(20-3)11-16(14)22-5/h10-12H,6-9H2,1-5H3,(H,18,19). The van der Waals surface area contributed by atoms with Crippen molar-refractivity contribution in [3.8, 4) is 17.2 Å². The van der Waals surface area contributed by atoms with Crippen LogP contribution < -0.4 is 19.5 Å². The first-order chi connectivity index (χ1) is 10.6. The molecule has 124 valence electrons. The fourth-order valence-corrected chi connectivity index (χ4v) is 2.44. The van der Waals surface area contributed by atoms with Crippen molar-refractivity contribution < 1.29 is 19.0 Å². The predicted molar refractivity (Wildman–Crippen MR) is 86.9 cm³/mol. The van der Waals surface area contributed by atoms with Crippen molar-refractivity contribution in [2.75, 3.05) is 27.9 Å². The number of carbonyl (C=O) groups excluding carboxylic acids is 1. The summed E-state index contributed by atoms with van der Waals surface area (Å²) in [5.41, 5.74) is 0.927. The fourth-order valence-electron chi connectivity index (χ4n) is 2.44. The summed E-state index contributed by atoms with van der Waals surface area (Å²) in [6.07, 6.45) is 2.36. The van der Waals surface area contributed by atoms with Gasteiger partial charge in [0.1, 0.15) is 17.2 Å². The van der Waals surface area contributed by atoms with Gasteiger partial charge >= 0.3 is 0 Å². The van der Waals surface area contributed by atoms with E-state index in [-0.39, 0.29) is 11.8 Å². The highest BCUT2D eigenvalue weighted by molar-refractivity contribution is 5.78. The first-order valence-electron chi connectivity index (χ1n) is 7.67. The van der Waals surface area contributed by atoms with Crippen molar-refractivity contribution in [1.29, 1.82) is 0 Å². The van der Waals surface area contributed by atoms with Gasteiger partial charge in [0.2, 0.25) is 5.91 Å². The highest BCUT2D eigenvalue weighted by Gasteiger charge is 2.16. The van der Waals surface area contributed by atoms with Crippen LogP contribution in [0.3, 0.4) is 0 Å². The lowest BCUT2D eigenvalue weighted by molar-refractivity contribution is -0.125. The van der Waals surface area contributed by atoms with Gasteiger partial charge in [-0.25, -0.2) is 0 Å². The number of nitrogens with one attached hydrogen (secondary N) is 1. The summed E-state index contributed by atoms with van der Waals surface area (Å²) in [6, 6.07) is 3.64. The number of rotatable bonds is 9. The number of carbonyl (C=O) groups is 1. The van der Waals surface area contributed by atoms with E-state index in [2.05, 4.69) is 5.32 Å². The van der Waals surface area contributed by atoms with Crippen molar-refractivity contribution >= 4 is 5.91 Å². The average molecular weight is 309 g/mol. The molecule has 1 aromatic carbocycles. The molecule has 0 aliphatic rings. The SMILES string of the molecule is CCC(CC)C(=O)NCCc1c(OC)cc(OC)cc1OC. The molecule has 0 aliphatic carbocycles. The quantitative estimate of drug-likeness (QED) is 0.762. The van der Waals surface area contributed by atoms with E-state index in [9.17, 15) is 4.79 Å². The molecular weight excluding hydrogens is 282 g/mol. The lowest BCUT2D eigenvalue weighted by Gasteiger charge is -2.16. The van der Waals surface area contributed by atoms with E-state index in [0.29, 0.717) is 30.2 Å². The lowest BCUT2D eigenvalue weighted by Crippen LogP contribution is -2.31. The minimum Gasteiger partial charge on any atom is -0.496 e. The van der Waals surface area contributed by atoms with Gasteiger partial charge in [0, 0.05) is 30.2 Å². The predicted octanol–water partition coefficient (Wildman–Crippen LogP) is 2.81. The van der Waals surface area contributed by atoms with Crippen molar-refractivity contribution in [3.63, 3.8) is 0 Å². The van der Waals surface area contributed by atoms with Crippen LogP contribution in [0.4, 0.5) is 0 Å². The zero-order valence-corrected chi connectivity index (χ0v) is 14.2. The van der Waals surface area contributed by atoms with Gasteiger partial charge in [0.25, 0.3) is 0 Å². The van der Waals surface area contributed by atoms with Gasteiger partial charge in [-0.05, 0) is 19.3 Å². The molecule has 0 radical (unpaired) electrons. The fraction of sp³-hybridized carbons (Fsp3) is 0.588. The van der Waals surface area contributed by atoms with E-state index >= 15 is 0 Å². The van der Waals surface area contributed by atoms with Crippen LogP contribution in [-0.2, 0) is 11.2 Å². The Labute approximate surface area is 132 Å². The number of ether oxygens (including phenoxy) is 3. The molecule has 1 N–H and O–H groups in total. The van der Waals surface area contributed by atoms with Crippen LogP contribution in [0, 0.1) is 5.92 Å². The van der Waals surface area contributed by atoms with Crippen LogP contribution in [0.1, 0.15) is 32.3 Å². The van der Waals surface area contributed by atoms with E-state index in [1.807, 2.05) is 26.0 Å². The minimum atomic E-state index is 0.0830. The Morgan fingerprint density at radius 3 is 2.00 bits per heavy atom. The average Bonchev–Trinajstić information content (AvgIpc) is 2.55. The first-order valence-corrected chi connectivity index (χ1v) is 7.67. The Morgan fingerprint density at radius 2 is 1.59 bits per heavy atom. The molecule has 0 unspecified atom stereocenters. The Balaban J connectivity index is 2.78. The normalized spacial score (nSPS) is 10.5. The van der Waals surface area contributed by atoms with Gasteiger partial charge in [-0.15, -0.1) is 0 Å². The van der Waals surface area contributed by atoms with Crippen molar-refractivity contribution in [1.82, 2.24) is 5.32 Å². The largest absolute Gasteiger partial charge is 0.496 e. The van der Waals surface area contributed by atoms with Gasteiger partial charge < -0.3 is 19.5 Å². The number of hydrogen-bond donors (Lipinski definition) is 1. The van der Waals surface area contributed by atoms with Crippen molar-refractivity contribution in [3.05, 3.63) is 17.7 Å². The minimum absolute atomic E-state index is 0.0830. The van der Waals surface area contributed by atoms with Crippen LogP contribution >= 0.6 is 0 Å². The summed E-state index contributed by atoms with van der Waals surface area (Å²) >= 11 is 0. The summed E-state index contributed by atoms with van der Waals surface area (Å²) in [5.74, 6) is 2.27. The second-order valence-corrected chi connectivity index (χ2v) is 5.06. The summed E-state index contributed by atoms with van der Waals surface area (Å²) in [7, 11) is 4.82. The Kier molecular flexibility index (Phi) is 7.57. The molecule has 0 atom stereocenters. The lowest BCUT2D eigenvalue weighted by atomic mass is 10.0. The highest BCUT2D eigenvalue weighted by Crippen LogP contribution is 2.34. The third kappa shape index (κ3) is 4.55. The molecule has 0 bridgehead atoms. The molecule has 0 aromatic heterocycles. The molecule has 1 rings (SSSR count). The molecule has 5 nitrogen and oxygen atoms in total. The third-order valence-corrected chi connectivity index (χ3v) is 3.85. The van der Waals surface area contributed by atoms with E-state index in [1.54, 1.807) is 21.3 Å². The summed E-state index contributed by atoms with van der Waals surface area (Å²) in [4.78, 5) is 12.0. The molecule has 0 saturated carbocycles. The highest BCUT2D eigenvalue weighted by atomic mass is 16.5. The van der Waals surface area contributed by atoms with E-state index in [0.717, 1.165) is 18.4 Å². The Morgan fingerprint density at radius 1 is 1.05 bits per heavy atom. The zero-order chi connectivity index (χ0) is 16.5. The summed E-state index contributed by atoms with van der Waals surface area (Å²) < 4.78 is 16.0. The third-order valence-electron chi connectivity index (χ3n) is 3.85. The smallest absolute Gasteiger partial charge is 0.223 e. The first kappa shape index (κ1) is 18.1. The van der Waals surface area contributed by atoms with Crippen LogP contribution in [0.25, 0.3) is 0 Å². The van der Waals surface area contributed by atoms with E-state index in [4.69, 9.17) is 14.2 Å². The maximum absolute atomic E-state index is 12.0. The van der Waals surface area contributed by atoms with Crippen LogP contribution in [0.5, 0.6) is 17.2 Å². The molecule has 0 spiro atoms. The maximum atomic E-state index is 12.0. The second kappa shape index (κ2) is 9.18. The number of hydrogen-bond acceptors (Lipinski definition) is 4. The van der Waals surface area contributed by atoms with Gasteiger partial charge in [-0.2, -0.15) is 0 Å². The zero-order valence-electron chi connectivity index (χ0n) is 14.2. The number of benzene rings is 1. The number of methoxy groups -OCH3 is 3. The second-order valence-electron chi connectivity index (χ2n) is 5.06. The molecule has 1 amide bonds. The van der Waals surface area contributed by atoms with Crippen LogP contribution in [-0.4, -0.2) is 33.8 Å². The molecular formula is C17H27NO4. The maximum Gasteiger partial charge on any atom is 0.223 e. The molecule has 5 heteroatoms. The van der Waals surface area contributed by atoms with Gasteiger partial charge in [-0.3, -0.25) is 4.79 Å². The molecule has 0 saturated heterocycles. The Bertz CT molecular complexity index is 459. The van der Waals surface area contributed by atoms with Crippen LogP contribution in [0.2, 0.25) is 0 Å². The van der Waals surface area contributed by atoms with Crippen molar-refractivity contribution in [2.24, 2.45) is 5.92 Å². The number of amides is 1.